The molecule has 0 amide bonds. The molecule has 2 N–H and O–H groups in total. The first-order chi connectivity index (χ1) is 11.0. The average molecular weight is 335 g/mol. The SMILES string of the molecule is CNS(=O)(=O)C1CCCN(Cc2cc3ccccc3[nH]c2=O)C1. The van der Waals surface area contributed by atoms with E-state index in [4.69, 9.17) is 0 Å². The number of rotatable bonds is 4. The van der Waals surface area contributed by atoms with Crippen LogP contribution in [0.25, 0.3) is 10.9 Å². The molecule has 0 spiro atoms. The van der Waals surface area contributed by atoms with E-state index in [1.54, 1.807) is 0 Å². The zero-order chi connectivity index (χ0) is 16.4. The van der Waals surface area contributed by atoms with E-state index < -0.39 is 15.3 Å². The topological polar surface area (TPSA) is 82.3 Å². The van der Waals surface area contributed by atoms with E-state index in [1.165, 1.54) is 7.05 Å². The Kier molecular flexibility index (Phi) is 4.52. The molecule has 0 aliphatic carbocycles. The fourth-order valence-corrected chi connectivity index (χ4v) is 4.34. The molecule has 3 rings (SSSR count). The summed E-state index contributed by atoms with van der Waals surface area (Å²) in [5.74, 6) is 0. The van der Waals surface area contributed by atoms with Crippen molar-refractivity contribution in [2.45, 2.75) is 24.6 Å². The largest absolute Gasteiger partial charge is 0.322 e. The van der Waals surface area contributed by atoms with Gasteiger partial charge in [-0.2, -0.15) is 0 Å². The number of aromatic amines is 1. The molecule has 1 saturated heterocycles. The summed E-state index contributed by atoms with van der Waals surface area (Å²) in [6, 6.07) is 9.54. The fourth-order valence-electron chi connectivity index (χ4n) is 3.13. The van der Waals surface area contributed by atoms with Gasteiger partial charge in [0.15, 0.2) is 0 Å². The fraction of sp³-hybridized carbons (Fsp3) is 0.438. The molecule has 7 heteroatoms. The number of piperidine rings is 1. The van der Waals surface area contributed by atoms with Crippen LogP contribution in [-0.4, -0.2) is 43.7 Å². The van der Waals surface area contributed by atoms with Crippen LogP contribution in [0, 0.1) is 0 Å². The van der Waals surface area contributed by atoms with E-state index in [2.05, 4.69) is 9.71 Å². The average Bonchev–Trinajstić information content (AvgIpc) is 2.56. The molecule has 0 radical (unpaired) electrons. The van der Waals surface area contributed by atoms with Crippen molar-refractivity contribution in [3.63, 3.8) is 0 Å². The van der Waals surface area contributed by atoms with Crippen molar-refractivity contribution in [1.82, 2.24) is 14.6 Å². The van der Waals surface area contributed by atoms with Crippen LogP contribution >= 0.6 is 0 Å². The van der Waals surface area contributed by atoms with Crippen molar-refractivity contribution in [3.05, 3.63) is 46.2 Å². The third-order valence-corrected chi connectivity index (χ3v) is 6.24. The second-order valence-corrected chi connectivity index (χ2v) is 8.12. The van der Waals surface area contributed by atoms with Crippen LogP contribution in [-0.2, 0) is 16.6 Å². The Balaban J connectivity index is 1.82. The van der Waals surface area contributed by atoms with Crippen LogP contribution in [0.5, 0.6) is 0 Å². The number of benzene rings is 1. The number of para-hydroxylation sites is 1. The van der Waals surface area contributed by atoms with Gasteiger partial charge in [0.05, 0.1) is 5.25 Å². The summed E-state index contributed by atoms with van der Waals surface area (Å²) >= 11 is 0. The first-order valence-corrected chi connectivity index (χ1v) is 9.30. The smallest absolute Gasteiger partial charge is 0.252 e. The predicted octanol–water partition coefficient (Wildman–Crippen LogP) is 1.04. The summed E-state index contributed by atoms with van der Waals surface area (Å²) in [6.07, 6.45) is 1.48. The number of nitrogens with zero attached hydrogens (tertiary/aromatic N) is 1. The summed E-state index contributed by atoms with van der Waals surface area (Å²) in [4.78, 5) is 17.2. The van der Waals surface area contributed by atoms with Gasteiger partial charge < -0.3 is 4.98 Å². The molecular weight excluding hydrogens is 314 g/mol. The van der Waals surface area contributed by atoms with Gasteiger partial charge in [-0.1, -0.05) is 18.2 Å². The van der Waals surface area contributed by atoms with Crippen LogP contribution in [0.2, 0.25) is 0 Å². The summed E-state index contributed by atoms with van der Waals surface area (Å²) < 4.78 is 26.4. The van der Waals surface area contributed by atoms with Crippen molar-refractivity contribution in [2.75, 3.05) is 20.1 Å². The number of nitrogens with one attached hydrogen (secondary N) is 2. The first-order valence-electron chi connectivity index (χ1n) is 7.75. The monoisotopic (exact) mass is 335 g/mol. The van der Waals surface area contributed by atoms with E-state index >= 15 is 0 Å². The number of aromatic nitrogens is 1. The molecule has 1 aliphatic rings. The third kappa shape index (κ3) is 3.46. The molecule has 6 nitrogen and oxygen atoms in total. The quantitative estimate of drug-likeness (QED) is 0.875. The van der Waals surface area contributed by atoms with Gasteiger partial charge in [0, 0.05) is 24.2 Å². The van der Waals surface area contributed by atoms with Gasteiger partial charge in [-0.05, 0) is 44.0 Å². The normalized spacial score (nSPS) is 20.0. The van der Waals surface area contributed by atoms with Gasteiger partial charge in [0.25, 0.3) is 5.56 Å². The van der Waals surface area contributed by atoms with E-state index in [0.29, 0.717) is 25.1 Å². The number of fused-ring (bicyclic) bond motifs is 1. The highest BCUT2D eigenvalue weighted by molar-refractivity contribution is 7.90. The maximum absolute atomic E-state index is 12.2. The Hall–Kier alpha value is -1.70. The zero-order valence-electron chi connectivity index (χ0n) is 13.1. The number of sulfonamides is 1. The van der Waals surface area contributed by atoms with Gasteiger partial charge >= 0.3 is 0 Å². The molecule has 1 fully saturated rings. The summed E-state index contributed by atoms with van der Waals surface area (Å²) in [6.45, 7) is 1.73. The molecule has 1 unspecified atom stereocenters. The molecule has 2 aromatic rings. The maximum atomic E-state index is 12.2. The molecule has 2 heterocycles. The number of likely N-dealkylation sites (tertiary alicyclic amines) is 1. The minimum atomic E-state index is -3.27. The van der Waals surface area contributed by atoms with E-state index in [9.17, 15) is 13.2 Å². The highest BCUT2D eigenvalue weighted by Gasteiger charge is 2.29. The molecule has 23 heavy (non-hydrogen) atoms. The molecule has 124 valence electrons. The number of pyridine rings is 1. The van der Waals surface area contributed by atoms with E-state index in [0.717, 1.165) is 23.9 Å². The van der Waals surface area contributed by atoms with E-state index in [1.807, 2.05) is 35.2 Å². The lowest BCUT2D eigenvalue weighted by molar-refractivity contribution is 0.221. The molecule has 1 aromatic heterocycles. The zero-order valence-corrected chi connectivity index (χ0v) is 13.9. The highest BCUT2D eigenvalue weighted by Crippen LogP contribution is 2.18. The number of hydrogen-bond donors (Lipinski definition) is 2. The number of H-pyrrole nitrogens is 1. The molecular formula is C16H21N3O3S. The Labute approximate surface area is 135 Å². The van der Waals surface area contributed by atoms with Crippen molar-refractivity contribution in [3.8, 4) is 0 Å². The van der Waals surface area contributed by atoms with Crippen LogP contribution in [0.4, 0.5) is 0 Å². The molecule has 1 aromatic carbocycles. The van der Waals surface area contributed by atoms with Gasteiger partial charge in [-0.25, -0.2) is 13.1 Å². The van der Waals surface area contributed by atoms with Crippen molar-refractivity contribution < 1.29 is 8.42 Å². The van der Waals surface area contributed by atoms with Crippen LogP contribution in [0.15, 0.2) is 35.1 Å². The third-order valence-electron chi connectivity index (χ3n) is 4.41. The lowest BCUT2D eigenvalue weighted by Crippen LogP contribution is -2.45. The molecule has 0 saturated carbocycles. The second-order valence-electron chi connectivity index (χ2n) is 5.96. The Morgan fingerprint density at radius 2 is 2.13 bits per heavy atom. The maximum Gasteiger partial charge on any atom is 0.252 e. The standard InChI is InChI=1S/C16H21N3O3S/c1-17-23(21,22)14-6-4-8-19(11-14)10-13-9-12-5-2-3-7-15(12)18-16(13)20/h2-3,5,7,9,14,17H,4,6,8,10-11H2,1H3,(H,18,20). The Morgan fingerprint density at radius 1 is 1.35 bits per heavy atom. The van der Waals surface area contributed by atoms with Crippen molar-refractivity contribution in [2.24, 2.45) is 0 Å². The Bertz CT molecular complexity index is 860. The van der Waals surface area contributed by atoms with Gasteiger partial charge in [0.1, 0.15) is 0 Å². The predicted molar refractivity (Wildman–Crippen MR) is 90.8 cm³/mol. The molecule has 1 aliphatic heterocycles. The van der Waals surface area contributed by atoms with Crippen LogP contribution < -0.4 is 10.3 Å². The summed E-state index contributed by atoms with van der Waals surface area (Å²) in [5, 5.41) is 0.569. The first kappa shape index (κ1) is 16.2. The lowest BCUT2D eigenvalue weighted by atomic mass is 10.1. The van der Waals surface area contributed by atoms with E-state index in [-0.39, 0.29) is 5.56 Å². The summed E-state index contributed by atoms with van der Waals surface area (Å²) in [5.41, 5.74) is 1.38. The molecule has 0 bridgehead atoms. The lowest BCUT2D eigenvalue weighted by Gasteiger charge is -2.31. The van der Waals surface area contributed by atoms with Gasteiger partial charge in [-0.3, -0.25) is 9.69 Å². The van der Waals surface area contributed by atoms with Crippen LogP contribution in [0.3, 0.4) is 0 Å². The minimum Gasteiger partial charge on any atom is -0.322 e. The number of hydrogen-bond acceptors (Lipinski definition) is 4. The van der Waals surface area contributed by atoms with Gasteiger partial charge in [0.2, 0.25) is 10.0 Å². The second kappa shape index (κ2) is 6.43. The van der Waals surface area contributed by atoms with Crippen molar-refractivity contribution >= 4 is 20.9 Å². The summed E-state index contributed by atoms with van der Waals surface area (Å²) in [7, 11) is -1.82. The molecule has 1 atom stereocenters. The van der Waals surface area contributed by atoms with Crippen LogP contribution in [0.1, 0.15) is 18.4 Å². The minimum absolute atomic E-state index is 0.109. The van der Waals surface area contributed by atoms with Crippen molar-refractivity contribution in [1.29, 1.82) is 0 Å². The Morgan fingerprint density at radius 3 is 2.91 bits per heavy atom. The highest BCUT2D eigenvalue weighted by atomic mass is 32.2. The van der Waals surface area contributed by atoms with Gasteiger partial charge in [-0.15, -0.1) is 0 Å².